The van der Waals surface area contributed by atoms with Crippen LogP contribution in [-0.4, -0.2) is 35.0 Å². The Labute approximate surface area is 181 Å². The van der Waals surface area contributed by atoms with Crippen molar-refractivity contribution >= 4 is 42.6 Å². The molecule has 0 aromatic heterocycles. The van der Waals surface area contributed by atoms with Gasteiger partial charge in [0.15, 0.2) is 4.30 Å². The summed E-state index contributed by atoms with van der Waals surface area (Å²) in [5, 5.41) is 0. The van der Waals surface area contributed by atoms with Crippen molar-refractivity contribution in [2.24, 2.45) is 0 Å². The van der Waals surface area contributed by atoms with Crippen LogP contribution >= 0.6 is 42.6 Å². The van der Waals surface area contributed by atoms with Gasteiger partial charge in [0.25, 0.3) is 0 Å². The third-order valence-corrected chi connectivity index (χ3v) is 3.94. The zero-order valence-electron chi connectivity index (χ0n) is 17.4. The minimum atomic E-state index is -10.7. The third kappa shape index (κ3) is 41.3. The summed E-state index contributed by atoms with van der Waals surface area (Å²) in [5.41, 5.74) is 0. The number of unbranched alkanes of at least 4 members (excludes halogenated alkanes) is 4. The molecular formula is C17H37Cl3F6NP. The van der Waals surface area contributed by atoms with Gasteiger partial charge in [-0.15, -0.1) is 0 Å². The Morgan fingerprint density at radius 1 is 0.571 bits per heavy atom. The molecule has 0 unspecified atom stereocenters. The molecule has 0 amide bonds. The topological polar surface area (TPSA) is 0 Å². The van der Waals surface area contributed by atoms with E-state index in [1.807, 2.05) is 0 Å². The first-order chi connectivity index (χ1) is 12.4. The van der Waals surface area contributed by atoms with E-state index >= 15 is 0 Å². The zero-order chi connectivity index (χ0) is 23.0. The van der Waals surface area contributed by atoms with E-state index in [0.29, 0.717) is 0 Å². The van der Waals surface area contributed by atoms with Crippen molar-refractivity contribution in [1.82, 2.24) is 0 Å². The van der Waals surface area contributed by atoms with Gasteiger partial charge in [-0.2, -0.15) is 0 Å². The Morgan fingerprint density at radius 3 is 0.821 bits per heavy atom. The van der Waals surface area contributed by atoms with Gasteiger partial charge >= 0.3 is 33.0 Å². The van der Waals surface area contributed by atoms with Gasteiger partial charge in [-0.05, 0) is 25.7 Å². The van der Waals surface area contributed by atoms with Gasteiger partial charge in [-0.3, -0.25) is 0 Å². The van der Waals surface area contributed by atoms with E-state index in [-0.39, 0.29) is 0 Å². The van der Waals surface area contributed by atoms with Crippen LogP contribution in [0.4, 0.5) is 25.2 Å². The summed E-state index contributed by atoms with van der Waals surface area (Å²) in [6, 6.07) is 0. The van der Waals surface area contributed by atoms with E-state index in [2.05, 4.69) is 27.7 Å². The SMILES string of the molecule is CCCC[N+](CCCC)(CCCC)CCCC.ClC(Cl)Cl.F[P-](F)(F)(F)(F)F. The molecule has 0 N–H and O–H groups in total. The van der Waals surface area contributed by atoms with Crippen molar-refractivity contribution in [2.45, 2.75) is 83.4 Å². The summed E-state index contributed by atoms with van der Waals surface area (Å²) in [6.45, 7) is 15.0. The molecular weight excluding hydrogens is 470 g/mol. The first-order valence-corrected chi connectivity index (χ1v) is 13.1. The number of rotatable bonds is 12. The van der Waals surface area contributed by atoms with E-state index in [9.17, 15) is 25.2 Å². The second-order valence-electron chi connectivity index (χ2n) is 6.86. The molecule has 0 aliphatic rings. The van der Waals surface area contributed by atoms with Gasteiger partial charge in [0, 0.05) is 0 Å². The van der Waals surface area contributed by atoms with Crippen LogP contribution in [0.5, 0.6) is 0 Å². The molecule has 0 aromatic carbocycles. The molecule has 0 saturated heterocycles. The Hall–Kier alpha value is 0.840. The molecule has 0 saturated carbocycles. The molecule has 0 rings (SSSR count). The fraction of sp³-hybridized carbons (Fsp3) is 1.00. The van der Waals surface area contributed by atoms with Crippen LogP contribution in [0.15, 0.2) is 0 Å². The van der Waals surface area contributed by atoms with Gasteiger partial charge in [0.2, 0.25) is 0 Å². The van der Waals surface area contributed by atoms with Crippen molar-refractivity contribution in [3.63, 3.8) is 0 Å². The summed E-state index contributed by atoms with van der Waals surface area (Å²) in [7, 11) is -10.7. The fourth-order valence-electron chi connectivity index (χ4n) is 2.64. The van der Waals surface area contributed by atoms with Crippen molar-refractivity contribution in [3.05, 3.63) is 0 Å². The summed E-state index contributed by atoms with van der Waals surface area (Å²) in [5.74, 6) is 0. The monoisotopic (exact) mass is 505 g/mol. The second-order valence-corrected chi connectivity index (χ2v) is 10.8. The molecule has 0 bridgehead atoms. The number of quaternary nitrogens is 1. The van der Waals surface area contributed by atoms with Crippen LogP contribution in [0.2, 0.25) is 0 Å². The Balaban J connectivity index is -0.000000466. The van der Waals surface area contributed by atoms with Gasteiger partial charge in [-0.25, -0.2) is 0 Å². The molecule has 0 atom stereocenters. The molecule has 0 aliphatic carbocycles. The first-order valence-electron chi connectivity index (χ1n) is 9.76. The third-order valence-electron chi connectivity index (χ3n) is 3.94. The molecule has 28 heavy (non-hydrogen) atoms. The molecule has 1 nitrogen and oxygen atoms in total. The quantitative estimate of drug-likeness (QED) is 0.107. The van der Waals surface area contributed by atoms with Gasteiger partial charge in [-0.1, -0.05) is 88.2 Å². The van der Waals surface area contributed by atoms with E-state index in [1.165, 1.54) is 82.0 Å². The summed E-state index contributed by atoms with van der Waals surface area (Å²) in [6.07, 6.45) is 11.1. The molecule has 0 heterocycles. The Bertz CT molecular complexity index is 314. The second kappa shape index (κ2) is 14.8. The van der Waals surface area contributed by atoms with Crippen molar-refractivity contribution in [3.8, 4) is 0 Å². The molecule has 11 heteroatoms. The molecule has 178 valence electrons. The molecule has 0 fully saturated rings. The van der Waals surface area contributed by atoms with E-state index in [4.69, 9.17) is 34.8 Å². The van der Waals surface area contributed by atoms with Crippen LogP contribution in [0.3, 0.4) is 0 Å². The normalized spacial score (nSPS) is 14.4. The number of hydrogen-bond acceptors (Lipinski definition) is 0. The summed E-state index contributed by atoms with van der Waals surface area (Å²) >= 11 is 14.4. The Morgan fingerprint density at radius 2 is 0.714 bits per heavy atom. The molecule has 0 aliphatic heterocycles. The molecule has 0 radical (unpaired) electrons. The maximum absolute atomic E-state index is 10.7. The average Bonchev–Trinajstić information content (AvgIpc) is 2.50. The first kappa shape index (κ1) is 33.5. The number of nitrogens with zero attached hydrogens (tertiary/aromatic N) is 1. The average molecular weight is 507 g/mol. The van der Waals surface area contributed by atoms with Gasteiger partial charge in [0.05, 0.1) is 26.2 Å². The zero-order valence-corrected chi connectivity index (χ0v) is 20.5. The van der Waals surface area contributed by atoms with Gasteiger partial charge < -0.3 is 4.48 Å². The van der Waals surface area contributed by atoms with E-state index in [0.717, 1.165) is 0 Å². The standard InChI is InChI=1S/C16H36N.CHCl3.F6P/c1-5-9-13-17(14-10-6-2,15-11-7-3)16-12-8-4;2-1(3)4;1-7(2,3,4,5)6/h5-16H2,1-4H3;1H;/q+1;;-1. The van der Waals surface area contributed by atoms with E-state index < -0.39 is 12.1 Å². The van der Waals surface area contributed by atoms with Crippen molar-refractivity contribution in [2.75, 3.05) is 26.2 Å². The predicted molar refractivity (Wildman–Crippen MR) is 114 cm³/mol. The van der Waals surface area contributed by atoms with Crippen LogP contribution in [-0.2, 0) is 0 Å². The van der Waals surface area contributed by atoms with Crippen LogP contribution in [0.1, 0.15) is 79.1 Å². The number of halogens is 9. The van der Waals surface area contributed by atoms with Gasteiger partial charge in [0.1, 0.15) is 0 Å². The number of hydrogen-bond donors (Lipinski definition) is 0. The predicted octanol–water partition coefficient (Wildman–Crippen LogP) is 10.4. The van der Waals surface area contributed by atoms with Crippen molar-refractivity contribution in [1.29, 1.82) is 0 Å². The van der Waals surface area contributed by atoms with Crippen molar-refractivity contribution < 1.29 is 29.7 Å². The minimum absolute atomic E-state index is 0.750. The number of alkyl halides is 3. The van der Waals surface area contributed by atoms with Crippen LogP contribution in [0, 0.1) is 0 Å². The summed E-state index contributed by atoms with van der Waals surface area (Å²) < 4.78 is 59.9. The van der Waals surface area contributed by atoms with E-state index in [1.54, 1.807) is 0 Å². The molecule has 0 aromatic rings. The van der Waals surface area contributed by atoms with Crippen LogP contribution < -0.4 is 0 Å². The molecule has 0 spiro atoms. The fourth-order valence-corrected chi connectivity index (χ4v) is 2.64. The summed E-state index contributed by atoms with van der Waals surface area (Å²) in [4.78, 5) is 0. The van der Waals surface area contributed by atoms with Crippen LogP contribution in [0.25, 0.3) is 0 Å². The Kier molecular flexibility index (Phi) is 17.7. The maximum atomic E-state index is 9.87.